The average Bonchev–Trinajstić information content (AvgIpc) is 1.94. The Balaban J connectivity index is 2.82. The van der Waals surface area contributed by atoms with Crippen LogP contribution in [0.25, 0.3) is 0 Å². The van der Waals surface area contributed by atoms with Gasteiger partial charge in [-0.05, 0) is 0 Å². The van der Waals surface area contributed by atoms with Gasteiger partial charge >= 0.3 is 0 Å². The molecule has 0 fully saturated rings. The summed E-state index contributed by atoms with van der Waals surface area (Å²) in [6.45, 7) is 0. The van der Waals surface area contributed by atoms with Crippen LogP contribution in [0.1, 0.15) is 12.8 Å². The van der Waals surface area contributed by atoms with Crippen LogP contribution in [0, 0.1) is 0 Å². The average molecular weight is 144 g/mol. The van der Waals surface area contributed by atoms with E-state index in [0.717, 1.165) is 0 Å². The Labute approximate surface area is 58.6 Å². The molecule has 10 heavy (non-hydrogen) atoms. The molecule has 2 nitrogen and oxygen atoms in total. The zero-order chi connectivity index (χ0) is 7.56. The molecule has 1 aliphatic rings. The van der Waals surface area contributed by atoms with Crippen LogP contribution in [0.3, 0.4) is 0 Å². The first kappa shape index (κ1) is 7.12. The molecule has 0 aromatic rings. The quantitative estimate of drug-likeness (QED) is 0.610. The summed E-state index contributed by atoms with van der Waals surface area (Å²) in [5.74, 6) is 0.127. The monoisotopic (exact) mass is 144 g/mol. The number of methoxy groups -OCH3 is 1. The first-order valence-corrected chi connectivity index (χ1v) is 3.06. The lowest BCUT2D eigenvalue weighted by atomic mass is 10.1. The third kappa shape index (κ3) is 1.29. The van der Waals surface area contributed by atoms with Crippen molar-refractivity contribution in [2.45, 2.75) is 12.8 Å². The zero-order valence-electron chi connectivity index (χ0n) is 5.72. The second-order valence-corrected chi connectivity index (χ2v) is 2.11. The first-order chi connectivity index (χ1) is 4.74. The van der Waals surface area contributed by atoms with Crippen LogP contribution < -0.4 is 0 Å². The first-order valence-electron chi connectivity index (χ1n) is 3.06. The Bertz CT molecular complexity index is 194. The molecule has 0 aromatic heterocycles. The van der Waals surface area contributed by atoms with Gasteiger partial charge in [-0.2, -0.15) is 0 Å². The van der Waals surface area contributed by atoms with E-state index in [2.05, 4.69) is 4.74 Å². The molecular formula is C7H9FO2. The molecule has 0 heterocycles. The van der Waals surface area contributed by atoms with Crippen molar-refractivity contribution in [2.24, 2.45) is 0 Å². The van der Waals surface area contributed by atoms with Gasteiger partial charge in [-0.1, -0.05) is 0 Å². The van der Waals surface area contributed by atoms with Crippen LogP contribution >= 0.6 is 0 Å². The minimum absolute atomic E-state index is 0.129. The van der Waals surface area contributed by atoms with E-state index < -0.39 is 0 Å². The van der Waals surface area contributed by atoms with Crippen molar-refractivity contribution in [3.05, 3.63) is 23.4 Å². The summed E-state index contributed by atoms with van der Waals surface area (Å²) in [6.07, 6.45) is 1.82. The van der Waals surface area contributed by atoms with E-state index in [9.17, 15) is 4.39 Å². The molecule has 0 amide bonds. The van der Waals surface area contributed by atoms with Crippen molar-refractivity contribution in [1.29, 1.82) is 0 Å². The summed E-state index contributed by atoms with van der Waals surface area (Å²) in [7, 11) is 1.40. The third-order valence-electron chi connectivity index (χ3n) is 1.39. The molecule has 0 aromatic carbocycles. The van der Waals surface area contributed by atoms with Crippen molar-refractivity contribution in [2.75, 3.05) is 7.11 Å². The molecule has 1 N–H and O–H groups in total. The minimum atomic E-state index is -0.241. The van der Waals surface area contributed by atoms with Crippen LogP contribution in [0.4, 0.5) is 4.39 Å². The number of halogens is 1. The number of ether oxygens (including phenoxy) is 1. The van der Waals surface area contributed by atoms with Gasteiger partial charge in [-0.3, -0.25) is 0 Å². The van der Waals surface area contributed by atoms with Gasteiger partial charge in [0.15, 0.2) is 5.76 Å². The molecular weight excluding hydrogens is 135 g/mol. The van der Waals surface area contributed by atoms with Crippen LogP contribution in [-0.4, -0.2) is 12.2 Å². The zero-order valence-corrected chi connectivity index (χ0v) is 5.72. The molecule has 0 saturated carbocycles. The highest BCUT2D eigenvalue weighted by molar-refractivity contribution is 5.22. The van der Waals surface area contributed by atoms with Gasteiger partial charge in [0.1, 0.15) is 11.6 Å². The van der Waals surface area contributed by atoms with E-state index in [1.54, 1.807) is 0 Å². The second-order valence-electron chi connectivity index (χ2n) is 2.11. The smallest absolute Gasteiger partial charge is 0.158 e. The Kier molecular flexibility index (Phi) is 1.94. The van der Waals surface area contributed by atoms with E-state index in [1.807, 2.05) is 0 Å². The summed E-state index contributed by atoms with van der Waals surface area (Å²) in [5, 5.41) is 9.03. The summed E-state index contributed by atoms with van der Waals surface area (Å²) in [6, 6.07) is 0. The molecule has 0 aliphatic heterocycles. The predicted molar refractivity (Wildman–Crippen MR) is 35.1 cm³/mol. The maximum atomic E-state index is 12.4. The molecule has 0 bridgehead atoms. The van der Waals surface area contributed by atoms with Crippen LogP contribution in [0.15, 0.2) is 23.4 Å². The topological polar surface area (TPSA) is 29.5 Å². The van der Waals surface area contributed by atoms with E-state index >= 15 is 0 Å². The molecule has 1 rings (SSSR count). The molecule has 0 spiro atoms. The van der Waals surface area contributed by atoms with E-state index in [4.69, 9.17) is 5.11 Å². The fourth-order valence-corrected chi connectivity index (χ4v) is 0.835. The summed E-state index contributed by atoms with van der Waals surface area (Å²) < 4.78 is 17.1. The number of allylic oxidation sites excluding steroid dienone is 3. The van der Waals surface area contributed by atoms with Crippen molar-refractivity contribution in [3.63, 3.8) is 0 Å². The molecule has 0 unspecified atom stereocenters. The fraction of sp³-hybridized carbons (Fsp3) is 0.429. The minimum Gasteiger partial charge on any atom is -0.508 e. The van der Waals surface area contributed by atoms with E-state index in [0.29, 0.717) is 6.42 Å². The van der Waals surface area contributed by atoms with Crippen LogP contribution in [0.5, 0.6) is 0 Å². The van der Waals surface area contributed by atoms with Gasteiger partial charge in [0, 0.05) is 18.9 Å². The molecule has 0 saturated heterocycles. The maximum absolute atomic E-state index is 12.4. The Morgan fingerprint density at radius 2 is 2.30 bits per heavy atom. The molecule has 1 aliphatic carbocycles. The maximum Gasteiger partial charge on any atom is 0.158 e. The number of aliphatic hydroxyl groups excluding tert-OH is 1. The lowest BCUT2D eigenvalue weighted by molar-refractivity contribution is 0.253. The Morgan fingerprint density at radius 1 is 1.60 bits per heavy atom. The van der Waals surface area contributed by atoms with Gasteiger partial charge < -0.3 is 9.84 Å². The number of rotatable bonds is 1. The largest absolute Gasteiger partial charge is 0.508 e. The SMILES string of the molecule is COC1=C(O)CCC(F)=C1. The van der Waals surface area contributed by atoms with Crippen molar-refractivity contribution >= 4 is 0 Å². The normalized spacial score (nSPS) is 18.8. The van der Waals surface area contributed by atoms with E-state index in [1.165, 1.54) is 13.2 Å². The van der Waals surface area contributed by atoms with E-state index in [-0.39, 0.29) is 23.8 Å². The van der Waals surface area contributed by atoms with Crippen LogP contribution in [0.2, 0.25) is 0 Å². The second kappa shape index (κ2) is 2.73. The summed E-state index contributed by atoms with van der Waals surface area (Å²) in [4.78, 5) is 0. The number of hydrogen-bond donors (Lipinski definition) is 1. The Hall–Kier alpha value is -0.990. The summed E-state index contributed by atoms with van der Waals surface area (Å²) in [5.41, 5.74) is 0. The predicted octanol–water partition coefficient (Wildman–Crippen LogP) is 2.05. The Morgan fingerprint density at radius 3 is 2.80 bits per heavy atom. The van der Waals surface area contributed by atoms with Gasteiger partial charge in [0.25, 0.3) is 0 Å². The third-order valence-corrected chi connectivity index (χ3v) is 1.39. The van der Waals surface area contributed by atoms with Crippen molar-refractivity contribution in [3.8, 4) is 0 Å². The highest BCUT2D eigenvalue weighted by Crippen LogP contribution is 2.22. The highest BCUT2D eigenvalue weighted by atomic mass is 19.1. The van der Waals surface area contributed by atoms with Crippen molar-refractivity contribution in [1.82, 2.24) is 0 Å². The van der Waals surface area contributed by atoms with Gasteiger partial charge in [0.2, 0.25) is 0 Å². The number of aliphatic hydroxyl groups is 1. The van der Waals surface area contributed by atoms with Gasteiger partial charge in [-0.15, -0.1) is 0 Å². The van der Waals surface area contributed by atoms with Gasteiger partial charge in [-0.25, -0.2) is 4.39 Å². The highest BCUT2D eigenvalue weighted by Gasteiger charge is 2.11. The van der Waals surface area contributed by atoms with Crippen LogP contribution in [-0.2, 0) is 4.74 Å². The van der Waals surface area contributed by atoms with Crippen molar-refractivity contribution < 1.29 is 14.2 Å². The molecule has 3 heteroatoms. The standard InChI is InChI=1S/C7H9FO2/c1-10-7-4-5(8)2-3-6(7)9/h4,9H,2-3H2,1H3. The van der Waals surface area contributed by atoms with Gasteiger partial charge in [0.05, 0.1) is 7.11 Å². The molecule has 0 radical (unpaired) electrons. The fourth-order valence-electron chi connectivity index (χ4n) is 0.835. The lowest BCUT2D eigenvalue weighted by Gasteiger charge is -2.10. The summed E-state index contributed by atoms with van der Waals surface area (Å²) >= 11 is 0. The lowest BCUT2D eigenvalue weighted by Crippen LogP contribution is -1.98. The molecule has 56 valence electrons. The molecule has 0 atom stereocenters. The number of hydrogen-bond acceptors (Lipinski definition) is 2.